The van der Waals surface area contributed by atoms with Crippen molar-refractivity contribution in [2.45, 2.75) is 65.6 Å². The van der Waals surface area contributed by atoms with Crippen molar-refractivity contribution >= 4 is 39.1 Å². The van der Waals surface area contributed by atoms with E-state index in [0.717, 1.165) is 17.4 Å². The van der Waals surface area contributed by atoms with Crippen molar-refractivity contribution in [3.63, 3.8) is 0 Å². The van der Waals surface area contributed by atoms with Crippen molar-refractivity contribution < 1.29 is 18.0 Å². The summed E-state index contributed by atoms with van der Waals surface area (Å²) < 4.78 is 26.3. The quantitative estimate of drug-likeness (QED) is 0.444. The first kappa shape index (κ1) is 28.7. The number of sulfonamides is 1. The van der Waals surface area contributed by atoms with Gasteiger partial charge in [-0.3, -0.25) is 13.9 Å². The second-order valence-corrected chi connectivity index (χ2v) is 11.3. The molecule has 0 fully saturated rings. The van der Waals surface area contributed by atoms with Crippen LogP contribution in [0.15, 0.2) is 48.5 Å². The highest BCUT2D eigenvalue weighted by molar-refractivity contribution is 7.92. The summed E-state index contributed by atoms with van der Waals surface area (Å²) in [6.45, 7) is 7.90. The minimum Gasteiger partial charge on any atom is -0.352 e. The van der Waals surface area contributed by atoms with E-state index < -0.39 is 16.1 Å². The highest BCUT2D eigenvalue weighted by atomic mass is 35.5. The number of hydrogen-bond acceptors (Lipinski definition) is 4. The first-order valence-corrected chi connectivity index (χ1v) is 14.0. The Hall–Kier alpha value is -2.58. The van der Waals surface area contributed by atoms with Crippen LogP contribution in [-0.2, 0) is 26.2 Å². The molecule has 0 aliphatic heterocycles. The second kappa shape index (κ2) is 12.9. The van der Waals surface area contributed by atoms with Gasteiger partial charge >= 0.3 is 0 Å². The van der Waals surface area contributed by atoms with E-state index in [0.29, 0.717) is 23.6 Å². The van der Waals surface area contributed by atoms with Crippen LogP contribution in [0.4, 0.5) is 5.69 Å². The van der Waals surface area contributed by atoms with E-state index >= 15 is 0 Å². The van der Waals surface area contributed by atoms with Crippen molar-refractivity contribution in [2.24, 2.45) is 0 Å². The molecule has 0 radical (unpaired) electrons. The van der Waals surface area contributed by atoms with E-state index in [1.807, 2.05) is 52.0 Å². The molecule has 0 aliphatic rings. The summed E-state index contributed by atoms with van der Waals surface area (Å²) in [6, 6.07) is 13.7. The number of halogens is 1. The number of aryl methyl sites for hydroxylation is 1. The van der Waals surface area contributed by atoms with Crippen LogP contribution in [0.1, 0.15) is 51.2 Å². The molecule has 1 N–H and O–H groups in total. The molecule has 7 nitrogen and oxygen atoms in total. The van der Waals surface area contributed by atoms with Gasteiger partial charge in [0.15, 0.2) is 0 Å². The predicted octanol–water partition coefficient (Wildman–Crippen LogP) is 4.53. The summed E-state index contributed by atoms with van der Waals surface area (Å²) >= 11 is 6.01. The molecule has 0 spiro atoms. The fourth-order valence-corrected chi connectivity index (χ4v) is 5.06. The third kappa shape index (κ3) is 8.54. The number of anilines is 1. The fourth-order valence-electron chi connectivity index (χ4n) is 3.91. The highest BCUT2D eigenvalue weighted by Crippen LogP contribution is 2.23. The molecular weight excluding hydrogens is 486 g/mol. The molecule has 2 aromatic carbocycles. The molecule has 0 aromatic heterocycles. The van der Waals surface area contributed by atoms with E-state index in [2.05, 4.69) is 5.32 Å². The second-order valence-electron chi connectivity index (χ2n) is 8.96. The number of rotatable bonds is 12. The van der Waals surface area contributed by atoms with Crippen molar-refractivity contribution in [1.29, 1.82) is 0 Å². The van der Waals surface area contributed by atoms with Crippen molar-refractivity contribution in [3.05, 3.63) is 64.7 Å². The van der Waals surface area contributed by atoms with Gasteiger partial charge < -0.3 is 10.2 Å². The Morgan fingerprint density at radius 1 is 1.06 bits per heavy atom. The zero-order chi connectivity index (χ0) is 26.2. The first-order valence-electron chi connectivity index (χ1n) is 11.8. The lowest BCUT2D eigenvalue weighted by Crippen LogP contribution is -2.50. The molecule has 2 rings (SSSR count). The Morgan fingerprint density at radius 2 is 1.69 bits per heavy atom. The van der Waals surface area contributed by atoms with Gasteiger partial charge in [-0.25, -0.2) is 8.42 Å². The van der Waals surface area contributed by atoms with Crippen molar-refractivity contribution in [2.75, 3.05) is 17.1 Å². The lowest BCUT2D eigenvalue weighted by atomic mass is 10.1. The van der Waals surface area contributed by atoms with Gasteiger partial charge in [-0.15, -0.1) is 0 Å². The first-order chi connectivity index (χ1) is 16.4. The molecule has 0 bridgehead atoms. The number of amides is 2. The van der Waals surface area contributed by atoms with E-state index in [9.17, 15) is 18.0 Å². The maximum Gasteiger partial charge on any atom is 0.243 e. The van der Waals surface area contributed by atoms with Crippen LogP contribution in [0.5, 0.6) is 0 Å². The van der Waals surface area contributed by atoms with Crippen LogP contribution in [0.2, 0.25) is 5.02 Å². The average molecular weight is 522 g/mol. The van der Waals surface area contributed by atoms with E-state index in [4.69, 9.17) is 11.6 Å². The minimum absolute atomic E-state index is 0.0542. The molecule has 0 saturated heterocycles. The topological polar surface area (TPSA) is 86.8 Å². The van der Waals surface area contributed by atoms with Crippen LogP contribution in [0.25, 0.3) is 0 Å². The van der Waals surface area contributed by atoms with Crippen LogP contribution in [-0.4, -0.2) is 50.0 Å². The number of nitrogens with zero attached hydrogens (tertiary/aromatic N) is 2. The molecule has 2 amide bonds. The highest BCUT2D eigenvalue weighted by Gasteiger charge is 2.29. The molecule has 9 heteroatoms. The molecule has 2 aromatic rings. The standard InChI is InChI=1S/C26H36ClN3O4S/c1-6-23(26(32)28-19(2)3)29(18-21-13-15-22(27)16-14-21)25(31)12-9-17-30(35(5,33)34)24-11-8-7-10-20(24)4/h7-8,10-11,13-16,19,23H,6,9,12,17-18H2,1-5H3,(H,28,32)/t23-/m0/s1. The molecule has 0 aliphatic carbocycles. The number of para-hydroxylation sites is 1. The molecule has 35 heavy (non-hydrogen) atoms. The van der Waals surface area contributed by atoms with E-state index in [-0.39, 0.29) is 37.4 Å². The van der Waals surface area contributed by atoms with Crippen molar-refractivity contribution in [3.8, 4) is 0 Å². The van der Waals surface area contributed by atoms with Gasteiger partial charge in [0.25, 0.3) is 0 Å². The van der Waals surface area contributed by atoms with Gasteiger partial charge in [-0.1, -0.05) is 48.9 Å². The Bertz CT molecular complexity index is 1100. The lowest BCUT2D eigenvalue weighted by Gasteiger charge is -2.31. The third-order valence-corrected chi connectivity index (χ3v) is 7.05. The predicted molar refractivity (Wildman–Crippen MR) is 142 cm³/mol. The van der Waals surface area contributed by atoms with Crippen LogP contribution in [0.3, 0.4) is 0 Å². The van der Waals surface area contributed by atoms with Gasteiger partial charge in [-0.05, 0) is 62.9 Å². The number of benzene rings is 2. The summed E-state index contributed by atoms with van der Waals surface area (Å²) in [5.41, 5.74) is 2.30. The normalized spacial score (nSPS) is 12.3. The van der Waals surface area contributed by atoms with Crippen LogP contribution in [0, 0.1) is 6.92 Å². The molecule has 0 saturated carbocycles. The monoisotopic (exact) mass is 521 g/mol. The Morgan fingerprint density at radius 3 is 2.23 bits per heavy atom. The number of nitrogens with one attached hydrogen (secondary N) is 1. The Labute approximate surface area is 214 Å². The number of hydrogen-bond donors (Lipinski definition) is 1. The molecule has 1 atom stereocenters. The van der Waals surface area contributed by atoms with E-state index in [1.54, 1.807) is 29.2 Å². The summed E-state index contributed by atoms with van der Waals surface area (Å²) in [7, 11) is -3.53. The largest absolute Gasteiger partial charge is 0.352 e. The third-order valence-electron chi connectivity index (χ3n) is 5.62. The molecule has 0 heterocycles. The maximum atomic E-state index is 13.4. The lowest BCUT2D eigenvalue weighted by molar-refractivity contribution is -0.141. The van der Waals surface area contributed by atoms with Gasteiger partial charge in [0.2, 0.25) is 21.8 Å². The van der Waals surface area contributed by atoms with Crippen LogP contribution < -0.4 is 9.62 Å². The fraction of sp³-hybridized carbons (Fsp3) is 0.462. The average Bonchev–Trinajstić information content (AvgIpc) is 2.77. The van der Waals surface area contributed by atoms with Crippen molar-refractivity contribution in [1.82, 2.24) is 10.2 Å². The minimum atomic E-state index is -3.53. The van der Waals surface area contributed by atoms with Gasteiger partial charge in [0, 0.05) is 30.6 Å². The SMILES string of the molecule is CC[C@@H](C(=O)NC(C)C)N(Cc1ccc(Cl)cc1)C(=O)CCCN(c1ccccc1C)S(C)(=O)=O. The molecular formula is C26H36ClN3O4S. The van der Waals surface area contributed by atoms with Gasteiger partial charge in [-0.2, -0.15) is 0 Å². The maximum absolute atomic E-state index is 13.4. The van der Waals surface area contributed by atoms with Gasteiger partial charge in [0.05, 0.1) is 11.9 Å². The number of carbonyl (C=O) groups excluding carboxylic acids is 2. The molecule has 192 valence electrons. The van der Waals surface area contributed by atoms with E-state index in [1.165, 1.54) is 4.31 Å². The number of carbonyl (C=O) groups is 2. The van der Waals surface area contributed by atoms with Crippen LogP contribution >= 0.6 is 11.6 Å². The Kier molecular flexibility index (Phi) is 10.6. The van der Waals surface area contributed by atoms with Gasteiger partial charge in [0.1, 0.15) is 6.04 Å². The zero-order valence-electron chi connectivity index (χ0n) is 21.1. The summed E-state index contributed by atoms with van der Waals surface area (Å²) in [5.74, 6) is -0.411. The Balaban J connectivity index is 2.22. The smallest absolute Gasteiger partial charge is 0.243 e. The summed E-state index contributed by atoms with van der Waals surface area (Å²) in [5, 5.41) is 3.50. The summed E-state index contributed by atoms with van der Waals surface area (Å²) in [6.07, 6.45) is 2.05. The molecule has 0 unspecified atom stereocenters. The summed E-state index contributed by atoms with van der Waals surface area (Å²) in [4.78, 5) is 27.9. The zero-order valence-corrected chi connectivity index (χ0v) is 22.7.